The van der Waals surface area contributed by atoms with Crippen LogP contribution in [0.4, 0.5) is 8.22 Å². The summed E-state index contributed by atoms with van der Waals surface area (Å²) in [6.45, 7) is 3.45. The first-order chi connectivity index (χ1) is 6.09. The Balaban J connectivity index is 2.93. The van der Waals surface area contributed by atoms with Crippen molar-refractivity contribution in [2.75, 3.05) is 0 Å². The topological polar surface area (TPSA) is 0 Å². The third-order valence-electron chi connectivity index (χ3n) is 2.39. The zero-order valence-electron chi connectivity index (χ0n) is 7.93. The standard InChI is InChI=1S/C10H14F2Si/c1-3-9(2)13(11,12)10-7-5-4-6-8-10/h4-9H,3H2,1-2H3. The van der Waals surface area contributed by atoms with E-state index in [9.17, 15) is 8.22 Å². The Bertz CT molecular complexity index is 259. The Hall–Kier alpha value is -0.703. The van der Waals surface area contributed by atoms with Crippen molar-refractivity contribution >= 4 is 13.9 Å². The molecule has 1 atom stereocenters. The lowest BCUT2D eigenvalue weighted by atomic mass is 10.4. The van der Waals surface area contributed by atoms with E-state index >= 15 is 0 Å². The molecule has 1 unspecified atom stereocenters. The van der Waals surface area contributed by atoms with Crippen molar-refractivity contribution in [3.05, 3.63) is 30.3 Å². The summed E-state index contributed by atoms with van der Waals surface area (Å²) in [4.78, 5) is 0. The molecule has 0 amide bonds. The van der Waals surface area contributed by atoms with Gasteiger partial charge in [0.2, 0.25) is 0 Å². The second-order valence-corrected chi connectivity index (χ2v) is 6.11. The smallest absolute Gasteiger partial charge is 0.264 e. The molecular weight excluding hydrogens is 186 g/mol. The first-order valence-corrected chi connectivity index (χ1v) is 6.35. The summed E-state index contributed by atoms with van der Waals surface area (Å²) in [5, 5.41) is 0.254. The van der Waals surface area contributed by atoms with E-state index in [2.05, 4.69) is 0 Å². The van der Waals surface area contributed by atoms with Gasteiger partial charge in [0, 0.05) is 10.7 Å². The SMILES string of the molecule is CCC(C)[Si](F)(F)c1ccccc1. The number of rotatable bonds is 3. The molecule has 0 aliphatic carbocycles. The van der Waals surface area contributed by atoms with Crippen LogP contribution in [0.2, 0.25) is 5.54 Å². The van der Waals surface area contributed by atoms with Crippen LogP contribution in [-0.2, 0) is 0 Å². The first-order valence-electron chi connectivity index (χ1n) is 4.52. The Morgan fingerprint density at radius 1 is 1.23 bits per heavy atom. The maximum absolute atomic E-state index is 13.7. The molecule has 1 aromatic rings. The van der Waals surface area contributed by atoms with Crippen LogP contribution in [0, 0.1) is 0 Å². The lowest BCUT2D eigenvalue weighted by molar-refractivity contribution is 0.573. The van der Waals surface area contributed by atoms with Crippen molar-refractivity contribution in [2.24, 2.45) is 0 Å². The second-order valence-electron chi connectivity index (χ2n) is 3.30. The average molecular weight is 200 g/mol. The van der Waals surface area contributed by atoms with E-state index in [1.54, 1.807) is 37.3 Å². The maximum Gasteiger partial charge on any atom is 0.458 e. The predicted octanol–water partition coefficient (Wildman–Crippen LogP) is 3.07. The molecule has 0 saturated carbocycles. The van der Waals surface area contributed by atoms with Gasteiger partial charge in [-0.15, -0.1) is 0 Å². The predicted molar refractivity (Wildman–Crippen MR) is 53.8 cm³/mol. The Morgan fingerprint density at radius 2 is 1.77 bits per heavy atom. The minimum atomic E-state index is -4.18. The molecule has 0 spiro atoms. The molecule has 0 fully saturated rings. The molecule has 3 heteroatoms. The van der Waals surface area contributed by atoms with Gasteiger partial charge < -0.3 is 0 Å². The highest BCUT2D eigenvalue weighted by molar-refractivity contribution is 6.81. The largest absolute Gasteiger partial charge is 0.458 e. The number of halogens is 2. The fourth-order valence-corrected chi connectivity index (χ4v) is 2.92. The zero-order chi connectivity index (χ0) is 9.90. The number of hydrogen-bond acceptors (Lipinski definition) is 0. The maximum atomic E-state index is 13.7. The van der Waals surface area contributed by atoms with Crippen molar-refractivity contribution in [1.82, 2.24) is 0 Å². The zero-order valence-corrected chi connectivity index (χ0v) is 8.93. The minimum absolute atomic E-state index is 0.254. The number of benzene rings is 1. The van der Waals surface area contributed by atoms with Crippen LogP contribution in [0.15, 0.2) is 30.3 Å². The summed E-state index contributed by atoms with van der Waals surface area (Å²) in [7, 11) is -4.18. The van der Waals surface area contributed by atoms with Gasteiger partial charge in [-0.2, -0.15) is 0 Å². The fourth-order valence-electron chi connectivity index (χ4n) is 1.20. The normalized spacial score (nSPS) is 14.2. The first kappa shape index (κ1) is 10.4. The molecule has 0 saturated heterocycles. The van der Waals surface area contributed by atoms with Crippen LogP contribution in [0.5, 0.6) is 0 Å². The third kappa shape index (κ3) is 2.15. The van der Waals surface area contributed by atoms with Gasteiger partial charge >= 0.3 is 8.74 Å². The van der Waals surface area contributed by atoms with E-state index in [-0.39, 0.29) is 5.19 Å². The minimum Gasteiger partial charge on any atom is -0.264 e. The van der Waals surface area contributed by atoms with Gasteiger partial charge in [0.1, 0.15) is 0 Å². The summed E-state index contributed by atoms with van der Waals surface area (Å²) in [5.74, 6) is 0. The molecule has 13 heavy (non-hydrogen) atoms. The van der Waals surface area contributed by atoms with E-state index in [0.717, 1.165) is 0 Å². The van der Waals surface area contributed by atoms with E-state index in [4.69, 9.17) is 0 Å². The molecule has 0 nitrogen and oxygen atoms in total. The van der Waals surface area contributed by atoms with Gasteiger partial charge in [0.05, 0.1) is 0 Å². The summed E-state index contributed by atoms with van der Waals surface area (Å²) >= 11 is 0. The molecule has 0 aliphatic rings. The highest BCUT2D eigenvalue weighted by atomic mass is 28.4. The number of hydrogen-bond donors (Lipinski definition) is 0. The molecule has 1 rings (SSSR count). The van der Waals surface area contributed by atoms with Crippen LogP contribution in [0.1, 0.15) is 20.3 Å². The molecule has 0 aliphatic heterocycles. The lowest BCUT2D eigenvalue weighted by Crippen LogP contribution is -2.42. The van der Waals surface area contributed by atoms with Crippen molar-refractivity contribution in [3.63, 3.8) is 0 Å². The molecule has 0 radical (unpaired) electrons. The van der Waals surface area contributed by atoms with E-state index < -0.39 is 14.3 Å². The van der Waals surface area contributed by atoms with E-state index in [1.807, 2.05) is 6.92 Å². The van der Waals surface area contributed by atoms with E-state index in [0.29, 0.717) is 6.42 Å². The Morgan fingerprint density at radius 3 is 2.23 bits per heavy atom. The summed E-state index contributed by atoms with van der Waals surface area (Å²) in [6.07, 6.45) is 0.550. The fraction of sp³-hybridized carbons (Fsp3) is 0.400. The van der Waals surface area contributed by atoms with Crippen LogP contribution in [-0.4, -0.2) is 8.74 Å². The van der Waals surface area contributed by atoms with Gasteiger partial charge in [-0.25, -0.2) is 0 Å². The van der Waals surface area contributed by atoms with Crippen LogP contribution in [0.25, 0.3) is 0 Å². The summed E-state index contributed by atoms with van der Waals surface area (Å²) in [5.41, 5.74) is -0.463. The molecule has 0 bridgehead atoms. The molecule has 0 aromatic heterocycles. The summed E-state index contributed by atoms with van der Waals surface area (Å²) < 4.78 is 27.4. The van der Waals surface area contributed by atoms with Gasteiger partial charge in [-0.05, 0) is 0 Å². The van der Waals surface area contributed by atoms with Crippen LogP contribution < -0.4 is 5.19 Å². The van der Waals surface area contributed by atoms with Crippen LogP contribution >= 0.6 is 0 Å². The van der Waals surface area contributed by atoms with Gasteiger partial charge in [0.15, 0.2) is 0 Å². The van der Waals surface area contributed by atoms with Gasteiger partial charge in [0.25, 0.3) is 0 Å². The van der Waals surface area contributed by atoms with Crippen molar-refractivity contribution in [3.8, 4) is 0 Å². The van der Waals surface area contributed by atoms with Crippen molar-refractivity contribution in [2.45, 2.75) is 25.8 Å². The molecule has 0 N–H and O–H groups in total. The molecular formula is C10H14F2Si. The highest BCUT2D eigenvalue weighted by Gasteiger charge is 2.42. The third-order valence-corrected chi connectivity index (χ3v) is 5.14. The van der Waals surface area contributed by atoms with Gasteiger partial charge in [-0.3, -0.25) is 8.22 Å². The Labute approximate surface area is 79.0 Å². The average Bonchev–Trinajstić information content (AvgIpc) is 2.18. The quantitative estimate of drug-likeness (QED) is 0.519. The van der Waals surface area contributed by atoms with E-state index in [1.165, 1.54) is 0 Å². The Kier molecular flexibility index (Phi) is 3.20. The molecule has 1 aromatic carbocycles. The second kappa shape index (κ2) is 4.00. The monoisotopic (exact) mass is 200 g/mol. The molecule has 0 heterocycles. The molecule has 72 valence electrons. The van der Waals surface area contributed by atoms with Gasteiger partial charge in [-0.1, -0.05) is 50.6 Å². The van der Waals surface area contributed by atoms with Crippen molar-refractivity contribution in [1.29, 1.82) is 0 Å². The van der Waals surface area contributed by atoms with Crippen LogP contribution in [0.3, 0.4) is 0 Å². The summed E-state index contributed by atoms with van der Waals surface area (Å²) in [6, 6.07) is 8.21. The highest BCUT2D eigenvalue weighted by Crippen LogP contribution is 2.26. The van der Waals surface area contributed by atoms with Crippen molar-refractivity contribution < 1.29 is 8.22 Å². The lowest BCUT2D eigenvalue weighted by Gasteiger charge is -2.19.